The van der Waals surface area contributed by atoms with Gasteiger partial charge in [0, 0.05) is 38.1 Å². The van der Waals surface area contributed by atoms with E-state index in [1.165, 1.54) is 0 Å². The maximum absolute atomic E-state index is 5.80. The van der Waals surface area contributed by atoms with Crippen LogP contribution in [0.2, 0.25) is 0 Å². The standard InChI is InChI=1S/C14H18N6O/c15-14-18-12(17-10-11-1-3-16-4-2-11)9-13(19-14)20-5-7-21-8-6-20/h1-4,9H,5-8,10H2,(H3,15,17,18,19). The quantitative estimate of drug-likeness (QED) is 0.863. The van der Waals surface area contributed by atoms with Gasteiger partial charge in [0.15, 0.2) is 0 Å². The molecule has 3 N–H and O–H groups in total. The summed E-state index contributed by atoms with van der Waals surface area (Å²) in [6.45, 7) is 3.73. The average Bonchev–Trinajstić information content (AvgIpc) is 2.54. The molecule has 0 aromatic carbocycles. The van der Waals surface area contributed by atoms with E-state index in [-0.39, 0.29) is 5.95 Å². The van der Waals surface area contributed by atoms with Gasteiger partial charge >= 0.3 is 0 Å². The molecule has 3 heterocycles. The molecule has 3 rings (SSSR count). The van der Waals surface area contributed by atoms with E-state index < -0.39 is 0 Å². The molecule has 2 aromatic heterocycles. The van der Waals surface area contributed by atoms with Crippen LogP contribution in [0.4, 0.5) is 17.6 Å². The van der Waals surface area contributed by atoms with E-state index in [2.05, 4.69) is 25.2 Å². The van der Waals surface area contributed by atoms with E-state index in [0.29, 0.717) is 19.8 Å². The SMILES string of the molecule is Nc1nc(NCc2ccncc2)cc(N2CCOCC2)n1. The van der Waals surface area contributed by atoms with Crippen LogP contribution in [0.3, 0.4) is 0 Å². The van der Waals surface area contributed by atoms with Crippen molar-refractivity contribution in [3.05, 3.63) is 36.2 Å². The Balaban J connectivity index is 1.71. The van der Waals surface area contributed by atoms with Crippen LogP contribution < -0.4 is 16.0 Å². The zero-order chi connectivity index (χ0) is 14.5. The summed E-state index contributed by atoms with van der Waals surface area (Å²) < 4.78 is 5.35. The summed E-state index contributed by atoms with van der Waals surface area (Å²) in [6, 6.07) is 5.84. The number of rotatable bonds is 4. The molecule has 1 aliphatic rings. The molecule has 7 nitrogen and oxygen atoms in total. The van der Waals surface area contributed by atoms with Crippen molar-refractivity contribution in [2.24, 2.45) is 0 Å². The number of nitrogens with two attached hydrogens (primary N) is 1. The number of nitrogen functional groups attached to an aromatic ring is 1. The van der Waals surface area contributed by atoms with Crippen LogP contribution in [-0.4, -0.2) is 41.3 Å². The van der Waals surface area contributed by atoms with Gasteiger partial charge < -0.3 is 20.7 Å². The van der Waals surface area contributed by atoms with E-state index in [4.69, 9.17) is 10.5 Å². The molecule has 0 aliphatic carbocycles. The molecule has 110 valence electrons. The fourth-order valence-corrected chi connectivity index (χ4v) is 2.19. The summed E-state index contributed by atoms with van der Waals surface area (Å²) in [5, 5.41) is 3.26. The first kappa shape index (κ1) is 13.6. The third kappa shape index (κ3) is 3.57. The van der Waals surface area contributed by atoms with Gasteiger partial charge in [-0.1, -0.05) is 0 Å². The monoisotopic (exact) mass is 286 g/mol. The number of hydrogen-bond donors (Lipinski definition) is 2. The first-order valence-corrected chi connectivity index (χ1v) is 6.91. The lowest BCUT2D eigenvalue weighted by Gasteiger charge is -2.28. The Labute approximate surface area is 123 Å². The smallest absolute Gasteiger partial charge is 0.223 e. The minimum atomic E-state index is 0.274. The summed E-state index contributed by atoms with van der Waals surface area (Å²) in [5.74, 6) is 1.83. The lowest BCUT2D eigenvalue weighted by molar-refractivity contribution is 0.122. The fraction of sp³-hybridized carbons (Fsp3) is 0.357. The molecule has 0 unspecified atom stereocenters. The molecular weight excluding hydrogens is 268 g/mol. The fourth-order valence-electron chi connectivity index (χ4n) is 2.19. The molecule has 0 amide bonds. The molecule has 21 heavy (non-hydrogen) atoms. The molecule has 0 bridgehead atoms. The Hall–Kier alpha value is -2.41. The van der Waals surface area contributed by atoms with Crippen molar-refractivity contribution in [3.8, 4) is 0 Å². The highest BCUT2D eigenvalue weighted by Gasteiger charge is 2.14. The van der Waals surface area contributed by atoms with Gasteiger partial charge in [0.2, 0.25) is 5.95 Å². The van der Waals surface area contributed by atoms with E-state index in [1.807, 2.05) is 18.2 Å². The second-order valence-electron chi connectivity index (χ2n) is 4.78. The van der Waals surface area contributed by atoms with Gasteiger partial charge in [-0.05, 0) is 17.7 Å². The van der Waals surface area contributed by atoms with E-state index in [9.17, 15) is 0 Å². The second kappa shape index (κ2) is 6.36. The number of hydrogen-bond acceptors (Lipinski definition) is 7. The Morgan fingerprint density at radius 1 is 1.19 bits per heavy atom. The highest BCUT2D eigenvalue weighted by atomic mass is 16.5. The molecular formula is C14H18N6O. The number of nitrogens with one attached hydrogen (secondary N) is 1. The highest BCUT2D eigenvalue weighted by Crippen LogP contribution is 2.18. The highest BCUT2D eigenvalue weighted by molar-refractivity contribution is 5.53. The first-order chi connectivity index (χ1) is 10.3. The Bertz CT molecular complexity index is 585. The largest absolute Gasteiger partial charge is 0.378 e. The van der Waals surface area contributed by atoms with Crippen molar-refractivity contribution in [1.29, 1.82) is 0 Å². The predicted molar refractivity (Wildman–Crippen MR) is 81.0 cm³/mol. The number of pyridine rings is 1. The molecule has 0 atom stereocenters. The molecule has 0 saturated carbocycles. The van der Waals surface area contributed by atoms with Crippen molar-refractivity contribution in [2.45, 2.75) is 6.54 Å². The van der Waals surface area contributed by atoms with E-state index >= 15 is 0 Å². The lowest BCUT2D eigenvalue weighted by atomic mass is 10.3. The number of morpholine rings is 1. The van der Waals surface area contributed by atoms with E-state index in [1.54, 1.807) is 12.4 Å². The number of anilines is 3. The third-order valence-corrected chi connectivity index (χ3v) is 3.29. The van der Waals surface area contributed by atoms with Gasteiger partial charge in [0.25, 0.3) is 0 Å². The maximum Gasteiger partial charge on any atom is 0.223 e. The van der Waals surface area contributed by atoms with Crippen molar-refractivity contribution >= 4 is 17.6 Å². The Morgan fingerprint density at radius 2 is 1.95 bits per heavy atom. The van der Waals surface area contributed by atoms with Crippen LogP contribution in [0, 0.1) is 0 Å². The van der Waals surface area contributed by atoms with Crippen LogP contribution in [0.15, 0.2) is 30.6 Å². The summed E-state index contributed by atoms with van der Waals surface area (Å²) in [5.41, 5.74) is 6.94. The zero-order valence-corrected chi connectivity index (χ0v) is 11.7. The molecule has 7 heteroatoms. The number of ether oxygens (including phenoxy) is 1. The van der Waals surface area contributed by atoms with Crippen LogP contribution in [0.5, 0.6) is 0 Å². The second-order valence-corrected chi connectivity index (χ2v) is 4.78. The topological polar surface area (TPSA) is 89.2 Å². The summed E-state index contributed by atoms with van der Waals surface area (Å²) >= 11 is 0. The number of aromatic nitrogens is 3. The molecule has 0 radical (unpaired) electrons. The van der Waals surface area contributed by atoms with Gasteiger partial charge in [-0.3, -0.25) is 4.98 Å². The van der Waals surface area contributed by atoms with Crippen LogP contribution in [-0.2, 0) is 11.3 Å². The van der Waals surface area contributed by atoms with Crippen LogP contribution in [0.1, 0.15) is 5.56 Å². The summed E-state index contributed by atoms with van der Waals surface area (Å²) in [7, 11) is 0. The van der Waals surface area contributed by atoms with Crippen LogP contribution in [0.25, 0.3) is 0 Å². The zero-order valence-electron chi connectivity index (χ0n) is 11.7. The predicted octanol–water partition coefficient (Wildman–Crippen LogP) is 0.902. The maximum atomic E-state index is 5.80. The minimum absolute atomic E-state index is 0.274. The third-order valence-electron chi connectivity index (χ3n) is 3.29. The molecule has 1 saturated heterocycles. The first-order valence-electron chi connectivity index (χ1n) is 6.91. The van der Waals surface area contributed by atoms with Gasteiger partial charge in [0.05, 0.1) is 13.2 Å². The summed E-state index contributed by atoms with van der Waals surface area (Å²) in [4.78, 5) is 14.7. The van der Waals surface area contributed by atoms with E-state index in [0.717, 1.165) is 30.3 Å². The Kier molecular flexibility index (Phi) is 4.11. The van der Waals surface area contributed by atoms with Gasteiger partial charge in [-0.2, -0.15) is 9.97 Å². The van der Waals surface area contributed by atoms with Crippen molar-refractivity contribution in [3.63, 3.8) is 0 Å². The minimum Gasteiger partial charge on any atom is -0.378 e. The average molecular weight is 286 g/mol. The van der Waals surface area contributed by atoms with Gasteiger partial charge in [-0.15, -0.1) is 0 Å². The molecule has 0 spiro atoms. The van der Waals surface area contributed by atoms with Crippen molar-refractivity contribution in [2.75, 3.05) is 42.3 Å². The van der Waals surface area contributed by atoms with Crippen molar-refractivity contribution in [1.82, 2.24) is 15.0 Å². The molecule has 2 aromatic rings. The summed E-state index contributed by atoms with van der Waals surface area (Å²) in [6.07, 6.45) is 3.54. The number of nitrogens with zero attached hydrogens (tertiary/aromatic N) is 4. The van der Waals surface area contributed by atoms with Crippen molar-refractivity contribution < 1.29 is 4.74 Å². The molecule has 1 fully saturated rings. The molecule has 1 aliphatic heterocycles. The van der Waals surface area contributed by atoms with Crippen LogP contribution >= 0.6 is 0 Å². The normalized spacial score (nSPS) is 15.0. The Morgan fingerprint density at radius 3 is 2.71 bits per heavy atom. The lowest BCUT2D eigenvalue weighted by Crippen LogP contribution is -2.37. The van der Waals surface area contributed by atoms with Gasteiger partial charge in [0.1, 0.15) is 11.6 Å². The van der Waals surface area contributed by atoms with Gasteiger partial charge in [-0.25, -0.2) is 0 Å².